The van der Waals surface area contributed by atoms with Crippen molar-refractivity contribution < 1.29 is 9.47 Å². The molecule has 0 radical (unpaired) electrons. The summed E-state index contributed by atoms with van der Waals surface area (Å²) in [6.07, 6.45) is 0. The quantitative estimate of drug-likeness (QED) is 0.757. The summed E-state index contributed by atoms with van der Waals surface area (Å²) in [5.74, 6) is 1.94. The molecule has 0 unspecified atom stereocenters. The van der Waals surface area contributed by atoms with Gasteiger partial charge in [0.2, 0.25) is 5.95 Å². The van der Waals surface area contributed by atoms with E-state index in [1.807, 2.05) is 30.3 Å². The van der Waals surface area contributed by atoms with E-state index in [2.05, 4.69) is 21.4 Å². The summed E-state index contributed by atoms with van der Waals surface area (Å²) in [5, 5.41) is 12.1. The number of aromatic nitrogens is 2. The minimum Gasteiger partial charge on any atom is -0.493 e. The molecule has 0 aliphatic heterocycles. The van der Waals surface area contributed by atoms with Crippen molar-refractivity contribution in [2.45, 2.75) is 6.54 Å². The van der Waals surface area contributed by atoms with Crippen LogP contribution in [-0.4, -0.2) is 24.2 Å². The molecule has 3 rings (SSSR count). The highest BCUT2D eigenvalue weighted by Gasteiger charge is 2.09. The zero-order valence-corrected chi connectivity index (χ0v) is 12.9. The molecule has 116 valence electrons. The van der Waals surface area contributed by atoms with Gasteiger partial charge in [-0.05, 0) is 17.7 Å². The Kier molecular flexibility index (Phi) is 4.02. The summed E-state index contributed by atoms with van der Waals surface area (Å²) >= 11 is 0. The van der Waals surface area contributed by atoms with Crippen molar-refractivity contribution in [3.8, 4) is 17.6 Å². The second-order valence-corrected chi connectivity index (χ2v) is 4.98. The highest BCUT2D eigenvalue weighted by atomic mass is 16.5. The van der Waals surface area contributed by atoms with E-state index in [4.69, 9.17) is 14.7 Å². The number of nitrogens with one attached hydrogen (secondary N) is 2. The standard InChI is InChI=1S/C17H16N4O2/c1-22-15-7-13-14(8-16(15)23-2)21-17(20-13)19-10-12-5-3-4-11(6-12)9-18/h3-8H,10H2,1-2H3,(H2,19,20,21). The summed E-state index contributed by atoms with van der Waals surface area (Å²) in [7, 11) is 3.19. The number of fused-ring (bicyclic) bond motifs is 1. The van der Waals surface area contributed by atoms with Crippen molar-refractivity contribution in [1.29, 1.82) is 5.26 Å². The molecule has 6 heteroatoms. The van der Waals surface area contributed by atoms with Crippen LogP contribution in [0.25, 0.3) is 11.0 Å². The Labute approximate surface area is 133 Å². The molecule has 2 N–H and O–H groups in total. The van der Waals surface area contributed by atoms with E-state index >= 15 is 0 Å². The number of benzene rings is 2. The first-order valence-corrected chi connectivity index (χ1v) is 7.08. The van der Waals surface area contributed by atoms with Crippen LogP contribution in [-0.2, 0) is 6.54 Å². The molecule has 0 saturated carbocycles. The molecular formula is C17H16N4O2. The van der Waals surface area contributed by atoms with Crippen molar-refractivity contribution in [3.05, 3.63) is 47.5 Å². The Bertz CT molecular complexity index is 839. The Morgan fingerprint density at radius 1 is 1.17 bits per heavy atom. The third kappa shape index (κ3) is 3.04. The van der Waals surface area contributed by atoms with Gasteiger partial charge in [-0.25, -0.2) is 4.98 Å². The van der Waals surface area contributed by atoms with Gasteiger partial charge in [0.05, 0.1) is 36.9 Å². The lowest BCUT2D eigenvalue weighted by molar-refractivity contribution is 0.356. The third-order valence-electron chi connectivity index (χ3n) is 3.50. The molecule has 3 aromatic rings. The molecule has 0 amide bonds. The number of methoxy groups -OCH3 is 2. The van der Waals surface area contributed by atoms with Crippen LogP contribution in [0.15, 0.2) is 36.4 Å². The summed E-state index contributed by atoms with van der Waals surface area (Å²) in [5.41, 5.74) is 3.30. The summed E-state index contributed by atoms with van der Waals surface area (Å²) in [4.78, 5) is 7.68. The summed E-state index contributed by atoms with van der Waals surface area (Å²) in [6.45, 7) is 0.573. The normalized spacial score (nSPS) is 10.3. The van der Waals surface area contributed by atoms with Crippen LogP contribution in [0.5, 0.6) is 11.5 Å². The zero-order valence-electron chi connectivity index (χ0n) is 12.9. The van der Waals surface area contributed by atoms with Gasteiger partial charge < -0.3 is 19.8 Å². The monoisotopic (exact) mass is 308 g/mol. The van der Waals surface area contributed by atoms with Crippen LogP contribution < -0.4 is 14.8 Å². The SMILES string of the molecule is COc1cc2nc(NCc3cccc(C#N)c3)[nH]c2cc1OC. The second kappa shape index (κ2) is 6.28. The molecular weight excluding hydrogens is 292 g/mol. The Morgan fingerprint density at radius 2 is 1.96 bits per heavy atom. The van der Waals surface area contributed by atoms with Gasteiger partial charge in [-0.1, -0.05) is 12.1 Å². The minimum atomic E-state index is 0.573. The predicted molar refractivity (Wildman–Crippen MR) is 87.7 cm³/mol. The zero-order chi connectivity index (χ0) is 16.2. The first kappa shape index (κ1) is 14.7. The lowest BCUT2D eigenvalue weighted by atomic mass is 10.1. The first-order valence-electron chi connectivity index (χ1n) is 7.08. The van der Waals surface area contributed by atoms with Crippen molar-refractivity contribution in [3.63, 3.8) is 0 Å². The van der Waals surface area contributed by atoms with Gasteiger partial charge in [0.1, 0.15) is 0 Å². The maximum atomic E-state index is 8.93. The number of hydrogen-bond donors (Lipinski definition) is 2. The summed E-state index contributed by atoms with van der Waals surface area (Å²) < 4.78 is 10.6. The molecule has 0 fully saturated rings. The molecule has 0 aliphatic rings. The van der Waals surface area contributed by atoms with Crippen molar-refractivity contribution >= 4 is 17.0 Å². The molecule has 0 aliphatic carbocycles. The highest BCUT2D eigenvalue weighted by molar-refractivity contribution is 5.81. The van der Waals surface area contributed by atoms with Gasteiger partial charge in [-0.2, -0.15) is 5.26 Å². The van der Waals surface area contributed by atoms with E-state index < -0.39 is 0 Å². The topological polar surface area (TPSA) is 83.0 Å². The Morgan fingerprint density at radius 3 is 2.70 bits per heavy atom. The molecule has 0 atom stereocenters. The van der Waals surface area contributed by atoms with E-state index in [1.54, 1.807) is 20.3 Å². The number of anilines is 1. The molecule has 0 spiro atoms. The largest absolute Gasteiger partial charge is 0.493 e. The van der Waals surface area contributed by atoms with Gasteiger partial charge >= 0.3 is 0 Å². The molecule has 0 saturated heterocycles. The van der Waals surface area contributed by atoms with E-state index in [1.165, 1.54) is 0 Å². The van der Waals surface area contributed by atoms with Crippen LogP contribution in [0.3, 0.4) is 0 Å². The number of imidazole rings is 1. The minimum absolute atomic E-state index is 0.573. The second-order valence-electron chi connectivity index (χ2n) is 4.98. The van der Waals surface area contributed by atoms with Crippen LogP contribution in [0, 0.1) is 11.3 Å². The molecule has 2 aromatic carbocycles. The van der Waals surface area contributed by atoms with Gasteiger partial charge in [0.15, 0.2) is 11.5 Å². The van der Waals surface area contributed by atoms with Crippen molar-refractivity contribution in [2.75, 3.05) is 19.5 Å². The van der Waals surface area contributed by atoms with Gasteiger partial charge in [-0.3, -0.25) is 0 Å². The van der Waals surface area contributed by atoms with Gasteiger partial charge in [0, 0.05) is 18.7 Å². The van der Waals surface area contributed by atoms with Crippen molar-refractivity contribution in [2.24, 2.45) is 0 Å². The number of ether oxygens (including phenoxy) is 2. The lowest BCUT2D eigenvalue weighted by Crippen LogP contribution is -2.00. The fourth-order valence-electron chi connectivity index (χ4n) is 2.36. The van der Waals surface area contributed by atoms with Crippen molar-refractivity contribution in [1.82, 2.24) is 9.97 Å². The number of H-pyrrole nitrogens is 1. The smallest absolute Gasteiger partial charge is 0.201 e. The van der Waals surface area contributed by atoms with Crippen LogP contribution >= 0.6 is 0 Å². The molecule has 23 heavy (non-hydrogen) atoms. The predicted octanol–water partition coefficient (Wildman–Crippen LogP) is 3.06. The fourth-order valence-corrected chi connectivity index (χ4v) is 2.36. The average molecular weight is 308 g/mol. The van der Waals surface area contributed by atoms with Crippen LogP contribution in [0.4, 0.5) is 5.95 Å². The first-order chi connectivity index (χ1) is 11.2. The maximum Gasteiger partial charge on any atom is 0.201 e. The third-order valence-corrected chi connectivity index (χ3v) is 3.50. The summed E-state index contributed by atoms with van der Waals surface area (Å²) in [6, 6.07) is 13.3. The highest BCUT2D eigenvalue weighted by Crippen LogP contribution is 2.31. The average Bonchev–Trinajstić information content (AvgIpc) is 3.00. The van der Waals surface area contributed by atoms with Crippen LogP contribution in [0.1, 0.15) is 11.1 Å². The van der Waals surface area contributed by atoms with E-state index in [-0.39, 0.29) is 0 Å². The van der Waals surface area contributed by atoms with Gasteiger partial charge in [-0.15, -0.1) is 0 Å². The Balaban J connectivity index is 1.82. The number of nitriles is 1. The number of aromatic amines is 1. The number of hydrogen-bond acceptors (Lipinski definition) is 5. The molecule has 1 heterocycles. The van der Waals surface area contributed by atoms with E-state index in [0.29, 0.717) is 29.6 Å². The van der Waals surface area contributed by atoms with E-state index in [0.717, 1.165) is 16.6 Å². The molecule has 1 aromatic heterocycles. The van der Waals surface area contributed by atoms with E-state index in [9.17, 15) is 0 Å². The fraction of sp³-hybridized carbons (Fsp3) is 0.176. The maximum absolute atomic E-state index is 8.93. The number of rotatable bonds is 5. The molecule has 6 nitrogen and oxygen atoms in total. The van der Waals surface area contributed by atoms with Crippen LogP contribution in [0.2, 0.25) is 0 Å². The lowest BCUT2D eigenvalue weighted by Gasteiger charge is -2.06. The van der Waals surface area contributed by atoms with Gasteiger partial charge in [0.25, 0.3) is 0 Å². The molecule has 0 bridgehead atoms. The number of nitrogens with zero attached hydrogens (tertiary/aromatic N) is 2. The Hall–Kier alpha value is -3.20.